The summed E-state index contributed by atoms with van der Waals surface area (Å²) in [5.41, 5.74) is 7.15. The highest BCUT2D eigenvalue weighted by Crippen LogP contribution is 1.93. The van der Waals surface area contributed by atoms with E-state index in [0.717, 1.165) is 5.57 Å². The molecule has 2 N–H and O–H groups in total. The number of rotatable bonds is 2. The first kappa shape index (κ1) is 9.58. The van der Waals surface area contributed by atoms with Gasteiger partial charge in [-0.1, -0.05) is 30.2 Å². The summed E-state index contributed by atoms with van der Waals surface area (Å²) in [7, 11) is 0. The molecule has 0 aliphatic carbocycles. The van der Waals surface area contributed by atoms with Crippen molar-refractivity contribution in [2.45, 2.75) is 13.8 Å². The van der Waals surface area contributed by atoms with Crippen LogP contribution in [0, 0.1) is 11.8 Å². The van der Waals surface area contributed by atoms with Crippen molar-refractivity contribution >= 4 is 0 Å². The molecule has 0 fully saturated rings. The van der Waals surface area contributed by atoms with Crippen LogP contribution in [0.15, 0.2) is 36.1 Å². The standard InChI is InChI=1S/C10H13N/c1-4-6-10(11)8-7-9(3)5-2/h5,7-8H,2,11H2,1,3H3/b9-7-,10-8-. The van der Waals surface area contributed by atoms with Gasteiger partial charge in [-0.05, 0) is 25.8 Å². The fourth-order valence-electron chi connectivity index (χ4n) is 0.475. The molecule has 11 heavy (non-hydrogen) atoms. The van der Waals surface area contributed by atoms with Gasteiger partial charge in [0.2, 0.25) is 0 Å². The summed E-state index contributed by atoms with van der Waals surface area (Å²) in [6, 6.07) is 0. The molecule has 0 radical (unpaired) electrons. The van der Waals surface area contributed by atoms with E-state index in [9.17, 15) is 0 Å². The lowest BCUT2D eigenvalue weighted by Gasteiger charge is -1.86. The maximum atomic E-state index is 5.50. The van der Waals surface area contributed by atoms with Crippen LogP contribution in [0.25, 0.3) is 0 Å². The van der Waals surface area contributed by atoms with Crippen LogP contribution in [0.3, 0.4) is 0 Å². The van der Waals surface area contributed by atoms with Crippen LogP contribution in [0.2, 0.25) is 0 Å². The quantitative estimate of drug-likeness (QED) is 0.469. The van der Waals surface area contributed by atoms with Crippen molar-refractivity contribution in [2.75, 3.05) is 0 Å². The Morgan fingerprint density at radius 1 is 1.45 bits per heavy atom. The van der Waals surface area contributed by atoms with Crippen molar-refractivity contribution < 1.29 is 0 Å². The van der Waals surface area contributed by atoms with E-state index >= 15 is 0 Å². The molecule has 0 saturated heterocycles. The Bertz CT molecular complexity index is 246. The third-order valence-electron chi connectivity index (χ3n) is 1.12. The summed E-state index contributed by atoms with van der Waals surface area (Å²) in [6.45, 7) is 7.32. The molecule has 0 aliphatic rings. The van der Waals surface area contributed by atoms with E-state index in [2.05, 4.69) is 18.4 Å². The van der Waals surface area contributed by atoms with E-state index in [1.165, 1.54) is 0 Å². The second-order valence-corrected chi connectivity index (χ2v) is 2.11. The maximum Gasteiger partial charge on any atom is 0.0827 e. The molecule has 0 unspecified atom stereocenters. The molecule has 0 amide bonds. The lowest BCUT2D eigenvalue weighted by Crippen LogP contribution is -1.91. The average molecular weight is 147 g/mol. The van der Waals surface area contributed by atoms with Gasteiger partial charge in [0, 0.05) is 0 Å². The third kappa shape index (κ3) is 5.05. The summed E-state index contributed by atoms with van der Waals surface area (Å²) in [4.78, 5) is 0. The summed E-state index contributed by atoms with van der Waals surface area (Å²) in [5, 5.41) is 0. The zero-order valence-corrected chi connectivity index (χ0v) is 7.02. The van der Waals surface area contributed by atoms with Crippen LogP contribution in [0.5, 0.6) is 0 Å². The molecule has 58 valence electrons. The highest BCUT2D eigenvalue weighted by atomic mass is 14.5. The van der Waals surface area contributed by atoms with Gasteiger partial charge in [0.15, 0.2) is 0 Å². The van der Waals surface area contributed by atoms with Gasteiger partial charge in [-0.2, -0.15) is 0 Å². The van der Waals surface area contributed by atoms with E-state index < -0.39 is 0 Å². The first-order chi connectivity index (χ1) is 5.20. The van der Waals surface area contributed by atoms with Crippen molar-refractivity contribution in [3.63, 3.8) is 0 Å². The zero-order chi connectivity index (χ0) is 8.69. The van der Waals surface area contributed by atoms with Crippen LogP contribution in [-0.4, -0.2) is 0 Å². The largest absolute Gasteiger partial charge is 0.392 e. The smallest absolute Gasteiger partial charge is 0.0827 e. The van der Waals surface area contributed by atoms with Crippen molar-refractivity contribution in [3.05, 3.63) is 36.1 Å². The molecule has 0 saturated carbocycles. The molecule has 1 nitrogen and oxygen atoms in total. The Labute approximate surface area is 68.3 Å². The monoisotopic (exact) mass is 147 g/mol. The Hall–Kier alpha value is -1.42. The second-order valence-electron chi connectivity index (χ2n) is 2.11. The average Bonchev–Trinajstić information content (AvgIpc) is 2.01. The Morgan fingerprint density at radius 3 is 2.55 bits per heavy atom. The lowest BCUT2D eigenvalue weighted by molar-refractivity contribution is 1.44. The van der Waals surface area contributed by atoms with Crippen LogP contribution >= 0.6 is 0 Å². The first-order valence-electron chi connectivity index (χ1n) is 3.40. The molecular weight excluding hydrogens is 134 g/mol. The Morgan fingerprint density at radius 2 is 2.09 bits per heavy atom. The van der Waals surface area contributed by atoms with Gasteiger partial charge in [0.1, 0.15) is 0 Å². The van der Waals surface area contributed by atoms with Crippen molar-refractivity contribution in [3.8, 4) is 11.8 Å². The van der Waals surface area contributed by atoms with E-state index in [4.69, 9.17) is 5.73 Å². The molecule has 0 aromatic heterocycles. The van der Waals surface area contributed by atoms with Crippen LogP contribution in [-0.2, 0) is 0 Å². The molecule has 0 aromatic rings. The molecule has 0 aromatic carbocycles. The molecule has 0 bridgehead atoms. The van der Waals surface area contributed by atoms with Crippen molar-refractivity contribution in [1.29, 1.82) is 0 Å². The van der Waals surface area contributed by atoms with Gasteiger partial charge < -0.3 is 5.73 Å². The van der Waals surface area contributed by atoms with Gasteiger partial charge >= 0.3 is 0 Å². The number of hydrogen-bond acceptors (Lipinski definition) is 1. The predicted molar refractivity (Wildman–Crippen MR) is 49.7 cm³/mol. The topological polar surface area (TPSA) is 26.0 Å². The van der Waals surface area contributed by atoms with Crippen LogP contribution < -0.4 is 5.73 Å². The minimum atomic E-state index is 0.578. The van der Waals surface area contributed by atoms with E-state index in [0.29, 0.717) is 5.70 Å². The molecule has 0 atom stereocenters. The molecule has 0 heterocycles. The Kier molecular flexibility index (Phi) is 4.68. The second kappa shape index (κ2) is 5.37. The van der Waals surface area contributed by atoms with Gasteiger partial charge in [0.25, 0.3) is 0 Å². The number of hydrogen-bond donors (Lipinski definition) is 1. The number of nitrogens with two attached hydrogens (primary N) is 1. The highest BCUT2D eigenvalue weighted by molar-refractivity contribution is 5.31. The predicted octanol–water partition coefficient (Wildman–Crippen LogP) is 1.98. The molecule has 1 heteroatoms. The van der Waals surface area contributed by atoms with E-state index in [-0.39, 0.29) is 0 Å². The molecular formula is C10H13N. The fraction of sp³-hybridized carbons (Fsp3) is 0.200. The van der Waals surface area contributed by atoms with Crippen molar-refractivity contribution in [2.24, 2.45) is 5.73 Å². The lowest BCUT2D eigenvalue weighted by atomic mass is 10.2. The minimum Gasteiger partial charge on any atom is -0.392 e. The van der Waals surface area contributed by atoms with Gasteiger partial charge in [-0.3, -0.25) is 0 Å². The Balaban J connectivity index is 4.29. The summed E-state index contributed by atoms with van der Waals surface area (Å²) >= 11 is 0. The van der Waals surface area contributed by atoms with Gasteiger partial charge in [-0.25, -0.2) is 0 Å². The summed E-state index contributed by atoms with van der Waals surface area (Å²) in [5.74, 6) is 5.45. The molecule has 0 rings (SSSR count). The van der Waals surface area contributed by atoms with Gasteiger partial charge in [0.05, 0.1) is 5.70 Å². The zero-order valence-electron chi connectivity index (χ0n) is 7.02. The SMILES string of the molecule is C=C/C(C)=C\C=C(/N)C#CC. The minimum absolute atomic E-state index is 0.578. The maximum absolute atomic E-state index is 5.50. The van der Waals surface area contributed by atoms with Crippen LogP contribution in [0.1, 0.15) is 13.8 Å². The summed E-state index contributed by atoms with van der Waals surface area (Å²) in [6.07, 6.45) is 5.42. The fourth-order valence-corrected chi connectivity index (χ4v) is 0.475. The molecule has 0 spiro atoms. The van der Waals surface area contributed by atoms with Gasteiger partial charge in [-0.15, -0.1) is 0 Å². The van der Waals surface area contributed by atoms with E-state index in [1.54, 1.807) is 19.1 Å². The molecule has 0 aliphatic heterocycles. The normalized spacial score (nSPS) is 11.8. The third-order valence-corrected chi connectivity index (χ3v) is 1.12. The first-order valence-corrected chi connectivity index (χ1v) is 3.40. The van der Waals surface area contributed by atoms with Crippen LogP contribution in [0.4, 0.5) is 0 Å². The highest BCUT2D eigenvalue weighted by Gasteiger charge is 1.78. The van der Waals surface area contributed by atoms with E-state index in [1.807, 2.05) is 13.0 Å². The number of allylic oxidation sites excluding steroid dienone is 5. The van der Waals surface area contributed by atoms with Crippen molar-refractivity contribution in [1.82, 2.24) is 0 Å². The summed E-state index contributed by atoms with van der Waals surface area (Å²) < 4.78 is 0.